The molecule has 222 valence electrons. The van der Waals surface area contributed by atoms with E-state index >= 15 is 0 Å². The maximum atomic E-state index is 14.2. The van der Waals surface area contributed by atoms with Crippen LogP contribution in [0.25, 0.3) is 11.1 Å². The number of benzene rings is 1. The van der Waals surface area contributed by atoms with Gasteiger partial charge < -0.3 is 19.1 Å². The van der Waals surface area contributed by atoms with Gasteiger partial charge in [0.2, 0.25) is 0 Å². The van der Waals surface area contributed by atoms with Gasteiger partial charge in [0.1, 0.15) is 22.9 Å². The Bertz CT molecular complexity index is 1590. The molecule has 0 spiro atoms. The molecule has 0 bridgehead atoms. The number of halogens is 3. The highest BCUT2D eigenvalue weighted by Crippen LogP contribution is 2.40. The lowest BCUT2D eigenvalue weighted by molar-refractivity contribution is -0.138. The molecule has 1 aliphatic heterocycles. The van der Waals surface area contributed by atoms with Crippen molar-refractivity contribution in [3.05, 3.63) is 80.5 Å². The van der Waals surface area contributed by atoms with E-state index in [1.165, 1.54) is 25.5 Å². The van der Waals surface area contributed by atoms with Gasteiger partial charge in [0, 0.05) is 49.7 Å². The van der Waals surface area contributed by atoms with Crippen LogP contribution in [-0.2, 0) is 26.1 Å². The van der Waals surface area contributed by atoms with E-state index in [4.69, 9.17) is 4.74 Å². The molecule has 0 saturated carbocycles. The number of pyridine rings is 2. The Morgan fingerprint density at radius 1 is 1.17 bits per heavy atom. The predicted molar refractivity (Wildman–Crippen MR) is 152 cm³/mol. The second-order valence-electron chi connectivity index (χ2n) is 10.4. The highest BCUT2D eigenvalue weighted by molar-refractivity contribution is 5.99. The minimum Gasteiger partial charge on any atom is -0.492 e. The Kier molecular flexibility index (Phi) is 9.06. The second-order valence-corrected chi connectivity index (χ2v) is 10.4. The highest BCUT2D eigenvalue weighted by Gasteiger charge is 2.39. The zero-order valence-electron chi connectivity index (χ0n) is 24.4. The Morgan fingerprint density at radius 3 is 2.52 bits per heavy atom. The number of hydrogen-bond acceptors (Lipinski definition) is 6. The van der Waals surface area contributed by atoms with E-state index in [-0.39, 0.29) is 35.6 Å². The van der Waals surface area contributed by atoms with Crippen LogP contribution in [0.5, 0.6) is 5.75 Å². The van der Waals surface area contributed by atoms with E-state index in [1.54, 1.807) is 30.0 Å². The fraction of sp³-hybridized carbons (Fsp3) is 0.419. The number of aryl methyl sites for hydroxylation is 1. The van der Waals surface area contributed by atoms with Crippen LogP contribution in [0.1, 0.15) is 65.1 Å². The van der Waals surface area contributed by atoms with Crippen molar-refractivity contribution in [1.29, 1.82) is 5.26 Å². The lowest BCUT2D eigenvalue weighted by atomic mass is 9.86. The van der Waals surface area contributed by atoms with E-state index in [9.17, 15) is 28.0 Å². The van der Waals surface area contributed by atoms with Gasteiger partial charge in [0.15, 0.2) is 0 Å². The van der Waals surface area contributed by atoms with Gasteiger partial charge in [-0.3, -0.25) is 14.6 Å². The summed E-state index contributed by atoms with van der Waals surface area (Å²) in [5.41, 5.74) is -0.0460. The molecule has 3 aromatic rings. The molecule has 4 rings (SSSR count). The van der Waals surface area contributed by atoms with Gasteiger partial charge >= 0.3 is 6.18 Å². The molecule has 11 heteroatoms. The van der Waals surface area contributed by atoms with Crippen molar-refractivity contribution in [3.63, 3.8) is 0 Å². The number of nitriles is 1. The van der Waals surface area contributed by atoms with Crippen LogP contribution in [0.3, 0.4) is 0 Å². The molecule has 0 aliphatic carbocycles. The number of hydrogen-bond donors (Lipinski definition) is 0. The smallest absolute Gasteiger partial charge is 0.422 e. The number of rotatable bonds is 9. The molecule has 1 amide bonds. The first kappa shape index (κ1) is 30.8. The van der Waals surface area contributed by atoms with Gasteiger partial charge in [-0.25, -0.2) is 0 Å². The average molecular weight is 582 g/mol. The van der Waals surface area contributed by atoms with Crippen molar-refractivity contribution in [3.8, 4) is 22.9 Å². The number of likely N-dealkylation sites (N-methyl/N-ethyl adjacent to an activating group) is 1. The summed E-state index contributed by atoms with van der Waals surface area (Å²) in [4.78, 5) is 34.8. The number of aromatic nitrogens is 2. The third kappa shape index (κ3) is 6.04. The summed E-state index contributed by atoms with van der Waals surface area (Å²) in [5.74, 6) is 0.0360. The Hall–Kier alpha value is -4.17. The normalized spacial score (nSPS) is 14.1. The molecular formula is C31H34F3N5O3. The van der Waals surface area contributed by atoms with E-state index < -0.39 is 23.3 Å². The summed E-state index contributed by atoms with van der Waals surface area (Å²) in [7, 11) is 3.22. The first-order valence-corrected chi connectivity index (χ1v) is 13.9. The number of alkyl halides is 3. The second kappa shape index (κ2) is 12.4. The van der Waals surface area contributed by atoms with Crippen LogP contribution >= 0.6 is 0 Å². The zero-order valence-corrected chi connectivity index (χ0v) is 24.4. The minimum absolute atomic E-state index is 0.225. The van der Waals surface area contributed by atoms with Gasteiger partial charge in [0.05, 0.1) is 18.3 Å². The van der Waals surface area contributed by atoms with E-state index in [2.05, 4.69) is 9.88 Å². The lowest BCUT2D eigenvalue weighted by Crippen LogP contribution is -2.40. The van der Waals surface area contributed by atoms with Crippen LogP contribution in [0.4, 0.5) is 13.2 Å². The van der Waals surface area contributed by atoms with Crippen molar-refractivity contribution < 1.29 is 22.7 Å². The molecule has 0 N–H and O–H groups in total. The molecule has 8 nitrogen and oxygen atoms in total. The number of amides is 1. The summed E-state index contributed by atoms with van der Waals surface area (Å²) >= 11 is 0. The van der Waals surface area contributed by atoms with Gasteiger partial charge in [-0.15, -0.1) is 0 Å². The molecule has 1 unspecified atom stereocenters. The summed E-state index contributed by atoms with van der Waals surface area (Å²) < 4.78 is 49.2. The molecular weight excluding hydrogens is 547 g/mol. The fourth-order valence-electron chi connectivity index (χ4n) is 5.24. The van der Waals surface area contributed by atoms with Gasteiger partial charge in [-0.2, -0.15) is 18.4 Å². The highest BCUT2D eigenvalue weighted by atomic mass is 19.4. The van der Waals surface area contributed by atoms with E-state index in [0.29, 0.717) is 47.7 Å². The van der Waals surface area contributed by atoms with Crippen molar-refractivity contribution in [2.75, 3.05) is 33.3 Å². The third-order valence-corrected chi connectivity index (χ3v) is 7.77. The Morgan fingerprint density at radius 2 is 1.88 bits per heavy atom. The molecule has 42 heavy (non-hydrogen) atoms. The maximum absolute atomic E-state index is 14.2. The average Bonchev–Trinajstić information content (AvgIpc) is 2.96. The SMILES string of the molecule is CCOc1cc(C(C)N2CCc3c(cc(CCN(C)CC)cc3-c3ccn(C)c(=O)c3C(F)(F)F)C2=O)ncc1C#N. The number of ether oxygens (including phenoxy) is 1. The van der Waals surface area contributed by atoms with Crippen molar-refractivity contribution in [2.45, 2.75) is 45.8 Å². The van der Waals surface area contributed by atoms with Crippen LogP contribution < -0.4 is 10.3 Å². The van der Waals surface area contributed by atoms with E-state index in [0.717, 1.165) is 11.1 Å². The maximum Gasteiger partial charge on any atom is 0.422 e. The summed E-state index contributed by atoms with van der Waals surface area (Å²) in [6.07, 6.45) is -1.35. The molecule has 1 aromatic carbocycles. The lowest BCUT2D eigenvalue weighted by Gasteiger charge is -2.35. The van der Waals surface area contributed by atoms with Crippen LogP contribution in [0, 0.1) is 11.3 Å². The molecule has 3 heterocycles. The van der Waals surface area contributed by atoms with Gasteiger partial charge in [-0.05, 0) is 69.1 Å². The predicted octanol–water partition coefficient (Wildman–Crippen LogP) is 4.99. The number of fused-ring (bicyclic) bond motifs is 1. The Labute approximate surface area is 243 Å². The first-order valence-electron chi connectivity index (χ1n) is 13.9. The van der Waals surface area contributed by atoms with Gasteiger partial charge in [0.25, 0.3) is 11.5 Å². The fourth-order valence-corrected chi connectivity index (χ4v) is 5.24. The molecule has 0 radical (unpaired) electrons. The van der Waals surface area contributed by atoms with Crippen LogP contribution in [0.15, 0.2) is 41.5 Å². The Balaban J connectivity index is 1.84. The summed E-state index contributed by atoms with van der Waals surface area (Å²) in [6.45, 7) is 7.63. The molecule has 2 aromatic heterocycles. The monoisotopic (exact) mass is 581 g/mol. The van der Waals surface area contributed by atoms with Crippen LogP contribution in [0.2, 0.25) is 0 Å². The minimum atomic E-state index is -4.88. The van der Waals surface area contributed by atoms with Crippen molar-refractivity contribution in [1.82, 2.24) is 19.4 Å². The molecule has 0 saturated heterocycles. The zero-order chi connectivity index (χ0) is 30.8. The summed E-state index contributed by atoms with van der Waals surface area (Å²) in [5, 5.41) is 9.39. The third-order valence-electron chi connectivity index (χ3n) is 7.77. The molecule has 0 fully saturated rings. The van der Waals surface area contributed by atoms with E-state index in [1.807, 2.05) is 27.0 Å². The van der Waals surface area contributed by atoms with Gasteiger partial charge in [-0.1, -0.05) is 13.0 Å². The first-order chi connectivity index (χ1) is 19.9. The van der Waals surface area contributed by atoms with Crippen molar-refractivity contribution >= 4 is 5.91 Å². The van der Waals surface area contributed by atoms with Crippen LogP contribution in [-0.4, -0.2) is 58.5 Å². The standard InChI is InChI=1S/C31H34F3N5O3/c1-6-37(4)11-8-20-14-24(23-9-12-38(5)30(41)28(23)31(32,33)34)22-10-13-39(29(40)25(22)15-20)19(3)26-16-27(42-7-2)21(17-35)18-36-26/h9,12,14-16,18-19H,6-8,10-11,13H2,1-5H3. The molecule has 1 aliphatic rings. The van der Waals surface area contributed by atoms with Crippen molar-refractivity contribution in [2.24, 2.45) is 7.05 Å². The quantitative estimate of drug-likeness (QED) is 0.354. The largest absolute Gasteiger partial charge is 0.492 e. The molecule has 1 atom stereocenters. The topological polar surface area (TPSA) is 91.5 Å². The number of carbonyl (C=O) groups is 1. The number of carbonyl (C=O) groups excluding carboxylic acids is 1. The number of nitrogens with zero attached hydrogens (tertiary/aromatic N) is 5. The summed E-state index contributed by atoms with van der Waals surface area (Å²) in [6, 6.07) is 7.95.